The van der Waals surface area contributed by atoms with E-state index in [1.54, 1.807) is 6.07 Å². The number of aromatic nitrogens is 2. The zero-order valence-corrected chi connectivity index (χ0v) is 17.6. The molecule has 2 aromatic carbocycles. The van der Waals surface area contributed by atoms with Crippen LogP contribution in [0.25, 0.3) is 27.7 Å². The molecule has 0 saturated carbocycles. The van der Waals surface area contributed by atoms with Gasteiger partial charge in [0.1, 0.15) is 17.2 Å². The highest BCUT2D eigenvalue weighted by Crippen LogP contribution is 2.32. The van der Waals surface area contributed by atoms with Crippen molar-refractivity contribution in [3.63, 3.8) is 0 Å². The van der Waals surface area contributed by atoms with Gasteiger partial charge in [-0.3, -0.25) is 9.20 Å². The van der Waals surface area contributed by atoms with Gasteiger partial charge in [0, 0.05) is 36.0 Å². The number of rotatable bonds is 5. The summed E-state index contributed by atoms with van der Waals surface area (Å²) in [5.74, 6) is 0.755. The number of carbonyl (C=O) groups is 1. The number of nitrogens with one attached hydrogen (secondary N) is 2. The van der Waals surface area contributed by atoms with Gasteiger partial charge in [0.15, 0.2) is 0 Å². The Balaban J connectivity index is 1.85. The number of imidazole rings is 1. The molecule has 2 heterocycles. The SMILES string of the molecule is CC(C)(C)Nc1c(-c2ccc3ccccc3c2)nc2cc(C(=O)NCCN)ccn12. The number of hydrogen-bond donors (Lipinski definition) is 3. The van der Waals surface area contributed by atoms with Crippen LogP contribution in [0.3, 0.4) is 0 Å². The van der Waals surface area contributed by atoms with Crippen LogP contribution in [-0.2, 0) is 0 Å². The van der Waals surface area contributed by atoms with E-state index in [4.69, 9.17) is 10.7 Å². The third-order valence-electron chi connectivity index (χ3n) is 4.83. The normalized spacial score (nSPS) is 11.7. The summed E-state index contributed by atoms with van der Waals surface area (Å²) in [6, 6.07) is 18.2. The molecule has 0 saturated heterocycles. The Morgan fingerprint density at radius 1 is 1.07 bits per heavy atom. The summed E-state index contributed by atoms with van der Waals surface area (Å²) < 4.78 is 2.00. The molecule has 4 N–H and O–H groups in total. The summed E-state index contributed by atoms with van der Waals surface area (Å²) in [7, 11) is 0. The zero-order valence-electron chi connectivity index (χ0n) is 17.6. The molecule has 0 spiro atoms. The number of nitrogens with two attached hydrogens (primary N) is 1. The molecule has 0 fully saturated rings. The van der Waals surface area contributed by atoms with Crippen molar-refractivity contribution in [1.29, 1.82) is 0 Å². The van der Waals surface area contributed by atoms with Crippen LogP contribution in [0.15, 0.2) is 60.8 Å². The lowest BCUT2D eigenvalue weighted by Gasteiger charge is -2.22. The largest absolute Gasteiger partial charge is 0.365 e. The standard InChI is InChI=1S/C24H27N5O/c1-24(2,3)28-22-21(18-9-8-16-6-4-5-7-17(16)14-18)27-20-15-19(10-13-29(20)22)23(30)26-12-11-25/h4-10,13-15,28H,11-12,25H2,1-3H3,(H,26,30). The van der Waals surface area contributed by atoms with Gasteiger partial charge in [0.25, 0.3) is 5.91 Å². The first kappa shape index (κ1) is 19.9. The first-order valence-corrected chi connectivity index (χ1v) is 10.1. The maximum absolute atomic E-state index is 12.4. The van der Waals surface area contributed by atoms with Crippen LogP contribution in [0.1, 0.15) is 31.1 Å². The summed E-state index contributed by atoms with van der Waals surface area (Å²) >= 11 is 0. The zero-order chi connectivity index (χ0) is 21.3. The van der Waals surface area contributed by atoms with E-state index in [0.717, 1.165) is 22.5 Å². The van der Waals surface area contributed by atoms with E-state index >= 15 is 0 Å². The molecular formula is C24H27N5O. The first-order chi connectivity index (χ1) is 14.4. The lowest BCUT2D eigenvalue weighted by molar-refractivity contribution is 0.0954. The van der Waals surface area contributed by atoms with Gasteiger partial charge in [-0.25, -0.2) is 4.98 Å². The maximum Gasteiger partial charge on any atom is 0.251 e. The second-order valence-corrected chi connectivity index (χ2v) is 8.43. The van der Waals surface area contributed by atoms with Gasteiger partial charge in [-0.15, -0.1) is 0 Å². The molecule has 0 unspecified atom stereocenters. The van der Waals surface area contributed by atoms with Gasteiger partial charge < -0.3 is 16.4 Å². The Morgan fingerprint density at radius 2 is 1.83 bits per heavy atom. The summed E-state index contributed by atoms with van der Waals surface area (Å²) in [5, 5.41) is 8.75. The van der Waals surface area contributed by atoms with Gasteiger partial charge >= 0.3 is 0 Å². The van der Waals surface area contributed by atoms with E-state index < -0.39 is 0 Å². The second kappa shape index (κ2) is 7.80. The number of pyridine rings is 1. The third kappa shape index (κ3) is 4.00. The van der Waals surface area contributed by atoms with Crippen molar-refractivity contribution in [1.82, 2.24) is 14.7 Å². The molecule has 0 aliphatic carbocycles. The van der Waals surface area contributed by atoms with Crippen molar-refractivity contribution in [2.45, 2.75) is 26.3 Å². The average Bonchev–Trinajstić information content (AvgIpc) is 3.07. The minimum Gasteiger partial charge on any atom is -0.365 e. The Morgan fingerprint density at radius 3 is 2.57 bits per heavy atom. The van der Waals surface area contributed by atoms with Crippen LogP contribution in [0.5, 0.6) is 0 Å². The maximum atomic E-state index is 12.4. The quantitative estimate of drug-likeness (QED) is 0.471. The summed E-state index contributed by atoms with van der Waals surface area (Å²) in [5.41, 5.74) is 8.50. The Labute approximate surface area is 176 Å². The number of hydrogen-bond acceptors (Lipinski definition) is 4. The van der Waals surface area contributed by atoms with E-state index in [1.807, 2.05) is 28.8 Å². The Bertz CT molecular complexity index is 1220. The molecule has 4 rings (SSSR count). The Hall–Kier alpha value is -3.38. The molecule has 0 radical (unpaired) electrons. The van der Waals surface area contributed by atoms with Crippen molar-refractivity contribution < 1.29 is 4.79 Å². The summed E-state index contributed by atoms with van der Waals surface area (Å²) in [6.45, 7) is 7.20. The van der Waals surface area contributed by atoms with Gasteiger partial charge in [-0.05, 0) is 49.7 Å². The number of anilines is 1. The van der Waals surface area contributed by atoms with Crippen molar-refractivity contribution in [2.24, 2.45) is 5.73 Å². The fraction of sp³-hybridized carbons (Fsp3) is 0.250. The van der Waals surface area contributed by atoms with Crippen molar-refractivity contribution in [3.8, 4) is 11.3 Å². The van der Waals surface area contributed by atoms with E-state index in [9.17, 15) is 4.79 Å². The van der Waals surface area contributed by atoms with Crippen LogP contribution in [0.2, 0.25) is 0 Å². The fourth-order valence-corrected chi connectivity index (χ4v) is 3.49. The molecule has 6 nitrogen and oxygen atoms in total. The first-order valence-electron chi connectivity index (χ1n) is 10.1. The van der Waals surface area contributed by atoms with Crippen molar-refractivity contribution in [2.75, 3.05) is 18.4 Å². The highest BCUT2D eigenvalue weighted by atomic mass is 16.1. The average molecular weight is 402 g/mol. The minimum absolute atomic E-state index is 0.150. The summed E-state index contributed by atoms with van der Waals surface area (Å²) in [6.07, 6.45) is 1.89. The van der Waals surface area contributed by atoms with Crippen LogP contribution < -0.4 is 16.4 Å². The van der Waals surface area contributed by atoms with Crippen molar-refractivity contribution in [3.05, 3.63) is 66.4 Å². The van der Waals surface area contributed by atoms with Crippen LogP contribution in [0.4, 0.5) is 5.82 Å². The molecule has 154 valence electrons. The number of benzene rings is 2. The lowest BCUT2D eigenvalue weighted by Crippen LogP contribution is -2.29. The van der Waals surface area contributed by atoms with E-state index in [-0.39, 0.29) is 11.4 Å². The summed E-state index contributed by atoms with van der Waals surface area (Å²) in [4.78, 5) is 17.3. The molecule has 1 amide bonds. The fourth-order valence-electron chi connectivity index (χ4n) is 3.49. The van der Waals surface area contributed by atoms with Gasteiger partial charge in [0.2, 0.25) is 0 Å². The monoisotopic (exact) mass is 401 g/mol. The van der Waals surface area contributed by atoms with Gasteiger partial charge in [-0.2, -0.15) is 0 Å². The molecule has 30 heavy (non-hydrogen) atoms. The molecular weight excluding hydrogens is 374 g/mol. The smallest absolute Gasteiger partial charge is 0.251 e. The highest BCUT2D eigenvalue weighted by Gasteiger charge is 2.20. The van der Waals surface area contributed by atoms with Crippen LogP contribution in [-0.4, -0.2) is 33.9 Å². The highest BCUT2D eigenvalue weighted by molar-refractivity contribution is 5.95. The Kier molecular flexibility index (Phi) is 5.18. The van der Waals surface area contributed by atoms with E-state index in [2.05, 4.69) is 61.7 Å². The number of nitrogens with zero attached hydrogens (tertiary/aromatic N) is 2. The minimum atomic E-state index is -0.154. The molecule has 0 bridgehead atoms. The van der Waals surface area contributed by atoms with Crippen molar-refractivity contribution >= 4 is 28.1 Å². The van der Waals surface area contributed by atoms with Crippen LogP contribution in [0, 0.1) is 0 Å². The van der Waals surface area contributed by atoms with Crippen LogP contribution >= 0.6 is 0 Å². The molecule has 2 aromatic heterocycles. The molecule has 4 aromatic rings. The molecule has 6 heteroatoms. The predicted molar refractivity (Wildman–Crippen MR) is 123 cm³/mol. The predicted octanol–water partition coefficient (Wildman–Crippen LogP) is 4.05. The third-order valence-corrected chi connectivity index (χ3v) is 4.83. The number of amides is 1. The lowest BCUT2D eigenvalue weighted by atomic mass is 10.0. The number of fused-ring (bicyclic) bond motifs is 2. The number of carbonyl (C=O) groups excluding carboxylic acids is 1. The molecule has 0 atom stereocenters. The topological polar surface area (TPSA) is 84.5 Å². The van der Waals surface area contributed by atoms with Gasteiger partial charge in [-0.1, -0.05) is 36.4 Å². The van der Waals surface area contributed by atoms with E-state index in [0.29, 0.717) is 24.3 Å². The van der Waals surface area contributed by atoms with E-state index in [1.165, 1.54) is 5.39 Å². The molecule has 0 aliphatic rings. The van der Waals surface area contributed by atoms with Gasteiger partial charge in [0.05, 0.1) is 0 Å². The molecule has 0 aliphatic heterocycles. The second-order valence-electron chi connectivity index (χ2n) is 8.43.